The Morgan fingerprint density at radius 3 is 2.32 bits per heavy atom. The standard InChI is InChI=1S/C17H28F2N4O3S.HI/c1-6-20-16(21-12-17(2,3)22-27(5,24)25)23(4)11-13-7-9-14(10-8-13)26-15(18)19;/h7-10,15,22H,6,11-12H2,1-5H3,(H,20,21);1H. The van der Waals surface area contributed by atoms with Crippen LogP contribution in [0, 0.1) is 0 Å². The summed E-state index contributed by atoms with van der Waals surface area (Å²) in [6, 6.07) is 6.37. The summed E-state index contributed by atoms with van der Waals surface area (Å²) in [5, 5.41) is 3.15. The molecule has 0 spiro atoms. The topological polar surface area (TPSA) is 83.0 Å². The number of hydrogen-bond donors (Lipinski definition) is 2. The van der Waals surface area contributed by atoms with Gasteiger partial charge in [-0.25, -0.2) is 13.1 Å². The Bertz CT molecular complexity index is 728. The number of ether oxygens (including phenoxy) is 1. The van der Waals surface area contributed by atoms with Gasteiger partial charge >= 0.3 is 6.61 Å². The van der Waals surface area contributed by atoms with Crippen molar-refractivity contribution in [2.24, 2.45) is 4.99 Å². The van der Waals surface area contributed by atoms with Crippen LogP contribution in [0.4, 0.5) is 8.78 Å². The molecule has 0 bridgehead atoms. The van der Waals surface area contributed by atoms with E-state index in [1.54, 1.807) is 26.0 Å². The van der Waals surface area contributed by atoms with Gasteiger partial charge in [0.1, 0.15) is 5.75 Å². The van der Waals surface area contributed by atoms with E-state index in [-0.39, 0.29) is 36.3 Å². The lowest BCUT2D eigenvalue weighted by Gasteiger charge is -2.26. The Balaban J connectivity index is 0.00000729. The predicted molar refractivity (Wildman–Crippen MR) is 118 cm³/mol. The SMILES string of the molecule is CCNC(=NCC(C)(C)NS(C)(=O)=O)N(C)Cc1ccc(OC(F)F)cc1.I. The zero-order valence-electron chi connectivity index (χ0n) is 16.7. The maximum absolute atomic E-state index is 12.2. The second-order valence-corrected chi connectivity index (χ2v) is 8.56. The molecule has 0 aromatic heterocycles. The second kappa shape index (κ2) is 11.7. The van der Waals surface area contributed by atoms with Crippen molar-refractivity contribution < 1.29 is 21.9 Å². The number of rotatable bonds is 9. The molecule has 0 amide bonds. The molecule has 7 nitrogen and oxygen atoms in total. The van der Waals surface area contributed by atoms with E-state index < -0.39 is 22.2 Å². The number of sulfonamides is 1. The molecule has 0 aliphatic rings. The first kappa shape index (κ1) is 26.8. The average molecular weight is 534 g/mol. The van der Waals surface area contributed by atoms with Crippen molar-refractivity contribution in [3.63, 3.8) is 0 Å². The zero-order chi connectivity index (χ0) is 20.7. The van der Waals surface area contributed by atoms with Crippen LogP contribution in [0.1, 0.15) is 26.3 Å². The minimum atomic E-state index is -3.34. The molecule has 0 heterocycles. The lowest BCUT2D eigenvalue weighted by molar-refractivity contribution is -0.0498. The number of hydrogen-bond acceptors (Lipinski definition) is 4. The normalized spacial score (nSPS) is 12.5. The van der Waals surface area contributed by atoms with Crippen LogP contribution in [0.25, 0.3) is 0 Å². The van der Waals surface area contributed by atoms with Gasteiger partial charge in [-0.05, 0) is 38.5 Å². The Hall–Kier alpha value is -1.21. The summed E-state index contributed by atoms with van der Waals surface area (Å²) in [5.41, 5.74) is 0.154. The molecule has 0 aliphatic carbocycles. The molecule has 0 saturated heterocycles. The Morgan fingerprint density at radius 2 is 1.86 bits per heavy atom. The van der Waals surface area contributed by atoms with Gasteiger partial charge in [-0.2, -0.15) is 8.78 Å². The van der Waals surface area contributed by atoms with E-state index in [4.69, 9.17) is 0 Å². The second-order valence-electron chi connectivity index (χ2n) is 6.81. The molecule has 11 heteroatoms. The van der Waals surface area contributed by atoms with Crippen LogP contribution < -0.4 is 14.8 Å². The lowest BCUT2D eigenvalue weighted by Crippen LogP contribution is -2.46. The van der Waals surface area contributed by atoms with E-state index in [2.05, 4.69) is 19.8 Å². The van der Waals surface area contributed by atoms with Crippen molar-refractivity contribution in [2.45, 2.75) is 39.5 Å². The monoisotopic (exact) mass is 534 g/mol. The molecule has 0 fully saturated rings. The summed E-state index contributed by atoms with van der Waals surface area (Å²) in [4.78, 5) is 6.37. The molecule has 162 valence electrons. The molecule has 0 unspecified atom stereocenters. The molecular formula is C17H29F2IN4O3S. The summed E-state index contributed by atoms with van der Waals surface area (Å²) < 4.78 is 54.2. The molecule has 1 aromatic carbocycles. The summed E-state index contributed by atoms with van der Waals surface area (Å²) >= 11 is 0. The van der Waals surface area contributed by atoms with Crippen molar-refractivity contribution in [3.05, 3.63) is 29.8 Å². The number of nitrogens with one attached hydrogen (secondary N) is 2. The molecular weight excluding hydrogens is 505 g/mol. The number of alkyl halides is 2. The first-order valence-corrected chi connectivity index (χ1v) is 10.3. The first-order valence-electron chi connectivity index (χ1n) is 8.44. The minimum absolute atomic E-state index is 0. The van der Waals surface area contributed by atoms with E-state index in [0.29, 0.717) is 19.0 Å². The number of halogens is 3. The molecule has 0 saturated carbocycles. The van der Waals surface area contributed by atoms with E-state index >= 15 is 0 Å². The molecule has 1 rings (SSSR count). The molecule has 0 atom stereocenters. The van der Waals surface area contributed by atoms with E-state index in [0.717, 1.165) is 11.8 Å². The maximum atomic E-state index is 12.2. The van der Waals surface area contributed by atoms with E-state index in [9.17, 15) is 17.2 Å². The van der Waals surface area contributed by atoms with E-state index in [1.807, 2.05) is 18.9 Å². The smallest absolute Gasteiger partial charge is 0.387 e. The van der Waals surface area contributed by atoms with Gasteiger partial charge in [-0.3, -0.25) is 4.99 Å². The van der Waals surface area contributed by atoms with Crippen LogP contribution in [0.3, 0.4) is 0 Å². The summed E-state index contributed by atoms with van der Waals surface area (Å²) in [6.45, 7) is 3.96. The minimum Gasteiger partial charge on any atom is -0.435 e. The van der Waals surface area contributed by atoms with Gasteiger partial charge < -0.3 is 15.0 Å². The van der Waals surface area contributed by atoms with Crippen LogP contribution in [-0.2, 0) is 16.6 Å². The van der Waals surface area contributed by atoms with Gasteiger partial charge in [0, 0.05) is 25.7 Å². The van der Waals surface area contributed by atoms with Gasteiger partial charge in [-0.1, -0.05) is 12.1 Å². The van der Waals surface area contributed by atoms with Crippen molar-refractivity contribution in [3.8, 4) is 5.75 Å². The van der Waals surface area contributed by atoms with Crippen LogP contribution in [0.15, 0.2) is 29.3 Å². The van der Waals surface area contributed by atoms with Crippen molar-refractivity contribution in [1.29, 1.82) is 0 Å². The number of benzene rings is 1. The molecule has 2 N–H and O–H groups in total. The lowest BCUT2D eigenvalue weighted by atomic mass is 10.1. The fourth-order valence-corrected chi connectivity index (χ4v) is 3.47. The van der Waals surface area contributed by atoms with Crippen LogP contribution in [0.5, 0.6) is 5.75 Å². The third-order valence-electron chi connectivity index (χ3n) is 3.35. The highest BCUT2D eigenvalue weighted by Crippen LogP contribution is 2.16. The molecule has 0 aliphatic heterocycles. The molecule has 28 heavy (non-hydrogen) atoms. The Labute approximate surface area is 183 Å². The fourth-order valence-electron chi connectivity index (χ4n) is 2.40. The van der Waals surface area contributed by atoms with Gasteiger partial charge in [0.15, 0.2) is 5.96 Å². The maximum Gasteiger partial charge on any atom is 0.387 e. The highest BCUT2D eigenvalue weighted by molar-refractivity contribution is 14.0. The Kier molecular flexibility index (Phi) is 11.2. The predicted octanol–water partition coefficient (Wildman–Crippen LogP) is 2.63. The third kappa shape index (κ3) is 11.0. The highest BCUT2D eigenvalue weighted by Gasteiger charge is 2.22. The van der Waals surface area contributed by atoms with Gasteiger partial charge in [0.2, 0.25) is 10.0 Å². The van der Waals surface area contributed by atoms with Crippen molar-refractivity contribution in [1.82, 2.24) is 14.9 Å². The van der Waals surface area contributed by atoms with Crippen LogP contribution in [0.2, 0.25) is 0 Å². The quantitative estimate of drug-likeness (QED) is 0.289. The van der Waals surface area contributed by atoms with Gasteiger partial charge in [0.25, 0.3) is 0 Å². The van der Waals surface area contributed by atoms with Crippen molar-refractivity contribution in [2.75, 3.05) is 26.4 Å². The van der Waals surface area contributed by atoms with E-state index in [1.165, 1.54) is 12.1 Å². The summed E-state index contributed by atoms with van der Waals surface area (Å²) in [5.74, 6) is 0.708. The van der Waals surface area contributed by atoms with Crippen LogP contribution >= 0.6 is 24.0 Å². The van der Waals surface area contributed by atoms with Gasteiger partial charge in [-0.15, -0.1) is 24.0 Å². The highest BCUT2D eigenvalue weighted by atomic mass is 127. The van der Waals surface area contributed by atoms with Crippen molar-refractivity contribution >= 4 is 40.0 Å². The number of nitrogens with zero attached hydrogens (tertiary/aromatic N) is 2. The third-order valence-corrected chi connectivity index (χ3v) is 4.27. The first-order chi connectivity index (χ1) is 12.4. The number of guanidine groups is 1. The van der Waals surface area contributed by atoms with Crippen LogP contribution in [-0.4, -0.2) is 57.8 Å². The van der Waals surface area contributed by atoms with Gasteiger partial charge in [0.05, 0.1) is 12.8 Å². The summed E-state index contributed by atoms with van der Waals surface area (Å²) in [6.07, 6.45) is 1.11. The molecule has 0 radical (unpaired) electrons. The number of aliphatic imine (C=N–C) groups is 1. The zero-order valence-corrected chi connectivity index (χ0v) is 19.8. The average Bonchev–Trinajstić information content (AvgIpc) is 2.50. The summed E-state index contributed by atoms with van der Waals surface area (Å²) in [7, 11) is -1.51. The molecule has 1 aromatic rings. The largest absolute Gasteiger partial charge is 0.435 e. The fraction of sp³-hybridized carbons (Fsp3) is 0.588. The Morgan fingerprint density at radius 1 is 1.29 bits per heavy atom.